The summed E-state index contributed by atoms with van der Waals surface area (Å²) < 4.78 is 0. The first-order valence-electron chi connectivity index (χ1n) is 8.14. The molecule has 0 nitrogen and oxygen atoms in total. The zero-order chi connectivity index (χ0) is 14.7. The standard InChI is InChI=1S/C22H18/c1-14-19-10-15-6-2-4-8-17(15)12-21(19)22-13-18-9-5-3-7-16(18)11-20(14)22/h1-14,19-22H. The van der Waals surface area contributed by atoms with E-state index in [0.717, 1.165) is 0 Å². The molecule has 0 heterocycles. The highest BCUT2D eigenvalue weighted by Crippen LogP contribution is 2.49. The molecule has 0 saturated heterocycles. The number of benzene rings is 2. The van der Waals surface area contributed by atoms with Crippen molar-refractivity contribution in [3.8, 4) is 0 Å². The van der Waals surface area contributed by atoms with Gasteiger partial charge in [-0.2, -0.15) is 0 Å². The summed E-state index contributed by atoms with van der Waals surface area (Å²) in [7, 11) is 0. The van der Waals surface area contributed by atoms with Crippen LogP contribution in [0.25, 0.3) is 24.3 Å². The summed E-state index contributed by atoms with van der Waals surface area (Å²) in [5.41, 5.74) is 0. The molecule has 22 heavy (non-hydrogen) atoms. The van der Waals surface area contributed by atoms with Crippen LogP contribution >= 0.6 is 0 Å². The van der Waals surface area contributed by atoms with Gasteiger partial charge in [0.25, 0.3) is 0 Å². The monoisotopic (exact) mass is 282 g/mol. The molecule has 5 rings (SSSR count). The van der Waals surface area contributed by atoms with Crippen molar-refractivity contribution in [1.29, 1.82) is 0 Å². The fraction of sp³-hybridized carbons (Fsp3) is 0.227. The quantitative estimate of drug-likeness (QED) is 0.684. The Morgan fingerprint density at radius 2 is 0.818 bits per heavy atom. The van der Waals surface area contributed by atoms with E-state index in [-0.39, 0.29) is 5.92 Å². The third-order valence-electron chi connectivity index (χ3n) is 5.70. The van der Waals surface area contributed by atoms with E-state index in [0.29, 0.717) is 23.7 Å². The molecule has 0 heteroatoms. The second-order valence-corrected chi connectivity index (χ2v) is 6.81. The Bertz CT molecular complexity index is 898. The van der Waals surface area contributed by atoms with E-state index in [9.17, 15) is 0 Å². The van der Waals surface area contributed by atoms with E-state index in [1.165, 1.54) is 20.9 Å². The highest BCUT2D eigenvalue weighted by molar-refractivity contribution is 5.55. The van der Waals surface area contributed by atoms with Crippen LogP contribution in [0.4, 0.5) is 0 Å². The molecule has 1 fully saturated rings. The SMILES string of the molecule is [CH]C1C2C=c3ccccc3=CC2C2C=c3ccccc3=CC12. The third kappa shape index (κ3) is 1.64. The van der Waals surface area contributed by atoms with Gasteiger partial charge in [0, 0.05) is 0 Å². The Labute approximate surface area is 130 Å². The molecule has 2 radical (unpaired) electrons. The average molecular weight is 282 g/mol. The van der Waals surface area contributed by atoms with Crippen molar-refractivity contribution in [2.24, 2.45) is 29.6 Å². The van der Waals surface area contributed by atoms with Crippen LogP contribution in [-0.4, -0.2) is 0 Å². The van der Waals surface area contributed by atoms with E-state index in [1.807, 2.05) is 0 Å². The minimum atomic E-state index is 0.212. The van der Waals surface area contributed by atoms with Crippen molar-refractivity contribution in [3.63, 3.8) is 0 Å². The molecule has 3 aliphatic carbocycles. The van der Waals surface area contributed by atoms with Gasteiger partial charge >= 0.3 is 0 Å². The Balaban J connectivity index is 1.73. The summed E-state index contributed by atoms with van der Waals surface area (Å²) in [5, 5.41) is 5.42. The first kappa shape index (κ1) is 12.5. The fourth-order valence-electron chi connectivity index (χ4n) is 4.63. The lowest BCUT2D eigenvalue weighted by Gasteiger charge is -2.23. The summed E-state index contributed by atoms with van der Waals surface area (Å²) in [6.07, 6.45) is 9.75. The van der Waals surface area contributed by atoms with Gasteiger partial charge in [0.1, 0.15) is 0 Å². The maximum Gasteiger partial charge on any atom is -0.00889 e. The normalized spacial score (nSPS) is 33.8. The highest BCUT2D eigenvalue weighted by Gasteiger charge is 2.45. The maximum atomic E-state index is 6.66. The second kappa shape index (κ2) is 4.46. The second-order valence-electron chi connectivity index (χ2n) is 6.81. The number of hydrogen-bond donors (Lipinski definition) is 0. The highest BCUT2D eigenvalue weighted by atomic mass is 14.5. The third-order valence-corrected chi connectivity index (χ3v) is 5.70. The summed E-state index contributed by atoms with van der Waals surface area (Å²) in [5.74, 6) is 2.17. The Morgan fingerprint density at radius 3 is 1.18 bits per heavy atom. The van der Waals surface area contributed by atoms with Crippen molar-refractivity contribution in [2.75, 3.05) is 0 Å². The first-order chi connectivity index (χ1) is 10.8. The van der Waals surface area contributed by atoms with Crippen molar-refractivity contribution in [1.82, 2.24) is 0 Å². The van der Waals surface area contributed by atoms with Crippen LogP contribution in [-0.2, 0) is 0 Å². The van der Waals surface area contributed by atoms with Gasteiger partial charge in [-0.25, -0.2) is 0 Å². The van der Waals surface area contributed by atoms with Crippen molar-refractivity contribution < 1.29 is 0 Å². The van der Waals surface area contributed by atoms with Gasteiger partial charge in [-0.15, -0.1) is 0 Å². The smallest absolute Gasteiger partial charge is 0.00889 e. The predicted octanol–water partition coefficient (Wildman–Crippen LogP) is 1.34. The molecular formula is C22H18. The van der Waals surface area contributed by atoms with Crippen molar-refractivity contribution >= 4 is 24.3 Å². The van der Waals surface area contributed by atoms with Crippen molar-refractivity contribution in [3.05, 3.63) is 76.3 Å². The average Bonchev–Trinajstić information content (AvgIpc) is 2.83. The molecule has 106 valence electrons. The van der Waals surface area contributed by atoms with Crippen LogP contribution in [0, 0.1) is 36.5 Å². The van der Waals surface area contributed by atoms with Crippen LogP contribution in [0.2, 0.25) is 0 Å². The van der Waals surface area contributed by atoms with Crippen LogP contribution in [0.3, 0.4) is 0 Å². The van der Waals surface area contributed by atoms with E-state index >= 15 is 0 Å². The number of hydrogen-bond acceptors (Lipinski definition) is 0. The molecule has 4 unspecified atom stereocenters. The lowest BCUT2D eigenvalue weighted by atomic mass is 9.81. The predicted molar refractivity (Wildman–Crippen MR) is 91.0 cm³/mol. The molecule has 0 bridgehead atoms. The maximum absolute atomic E-state index is 6.66. The fourth-order valence-corrected chi connectivity index (χ4v) is 4.63. The molecule has 3 aliphatic rings. The Hall–Kier alpha value is -2.08. The lowest BCUT2D eigenvalue weighted by Crippen LogP contribution is -2.35. The van der Waals surface area contributed by atoms with Crippen molar-refractivity contribution in [2.45, 2.75) is 0 Å². The van der Waals surface area contributed by atoms with E-state index < -0.39 is 0 Å². The Morgan fingerprint density at radius 1 is 0.500 bits per heavy atom. The molecule has 0 aliphatic heterocycles. The molecule has 0 aromatic heterocycles. The van der Waals surface area contributed by atoms with Crippen LogP contribution < -0.4 is 20.9 Å². The lowest BCUT2D eigenvalue weighted by molar-refractivity contribution is 0.499. The van der Waals surface area contributed by atoms with Gasteiger partial charge < -0.3 is 0 Å². The molecule has 0 N–H and O–H groups in total. The van der Waals surface area contributed by atoms with Gasteiger partial charge in [-0.1, -0.05) is 72.8 Å². The summed E-state index contributed by atoms with van der Waals surface area (Å²) in [6.45, 7) is 6.66. The molecular weight excluding hydrogens is 264 g/mol. The van der Waals surface area contributed by atoms with E-state index in [4.69, 9.17) is 6.92 Å². The van der Waals surface area contributed by atoms with Gasteiger partial charge in [-0.3, -0.25) is 0 Å². The van der Waals surface area contributed by atoms with Crippen LogP contribution in [0.5, 0.6) is 0 Å². The molecule has 0 amide bonds. The molecule has 1 saturated carbocycles. The van der Waals surface area contributed by atoms with E-state index in [2.05, 4.69) is 72.8 Å². The molecule has 2 aromatic rings. The van der Waals surface area contributed by atoms with Crippen LogP contribution in [0.1, 0.15) is 0 Å². The zero-order valence-electron chi connectivity index (χ0n) is 12.4. The minimum absolute atomic E-state index is 0.212. The zero-order valence-corrected chi connectivity index (χ0v) is 12.4. The summed E-state index contributed by atoms with van der Waals surface area (Å²) in [6, 6.07) is 17.3. The van der Waals surface area contributed by atoms with Gasteiger partial charge in [0.05, 0.1) is 0 Å². The van der Waals surface area contributed by atoms with Gasteiger partial charge in [0.15, 0.2) is 0 Å². The van der Waals surface area contributed by atoms with Crippen LogP contribution in [0.15, 0.2) is 48.5 Å². The number of fused-ring (bicyclic) bond motifs is 5. The van der Waals surface area contributed by atoms with Gasteiger partial charge in [-0.05, 0) is 57.4 Å². The number of rotatable bonds is 0. The largest absolute Gasteiger partial charge is 0.0726 e. The van der Waals surface area contributed by atoms with Gasteiger partial charge in [0.2, 0.25) is 0 Å². The summed E-state index contributed by atoms with van der Waals surface area (Å²) >= 11 is 0. The molecule has 2 aromatic carbocycles. The van der Waals surface area contributed by atoms with E-state index in [1.54, 1.807) is 0 Å². The first-order valence-corrected chi connectivity index (χ1v) is 8.14. The Kier molecular flexibility index (Phi) is 2.52. The molecule has 4 atom stereocenters. The molecule has 0 spiro atoms. The topological polar surface area (TPSA) is 0 Å². The minimum Gasteiger partial charge on any atom is -0.0726 e. The summed E-state index contributed by atoms with van der Waals surface area (Å²) in [4.78, 5) is 0.